The highest BCUT2D eigenvalue weighted by molar-refractivity contribution is 7.21. The van der Waals surface area contributed by atoms with Gasteiger partial charge in [-0.25, -0.2) is 9.97 Å². The van der Waals surface area contributed by atoms with Gasteiger partial charge < -0.3 is 5.32 Å². The van der Waals surface area contributed by atoms with Crippen LogP contribution in [0, 0.1) is 0 Å². The molecule has 4 aromatic rings. The van der Waals surface area contributed by atoms with Gasteiger partial charge in [-0.15, -0.1) is 11.3 Å². The van der Waals surface area contributed by atoms with Gasteiger partial charge in [0.2, 0.25) is 0 Å². The number of fused-ring (bicyclic) bond motifs is 1. The highest BCUT2D eigenvalue weighted by atomic mass is 32.1. The van der Waals surface area contributed by atoms with Crippen LogP contribution >= 0.6 is 11.3 Å². The number of pyridine rings is 2. The summed E-state index contributed by atoms with van der Waals surface area (Å²) in [4.78, 5) is 24.2. The zero-order valence-electron chi connectivity index (χ0n) is 14.1. The molecule has 4 rings (SSSR count). The Morgan fingerprint density at radius 3 is 2.43 bits per heavy atom. The van der Waals surface area contributed by atoms with E-state index in [0.29, 0.717) is 0 Å². The van der Waals surface area contributed by atoms with Crippen molar-refractivity contribution in [2.75, 3.05) is 5.32 Å². The number of alkyl halides is 3. The largest absolute Gasteiger partial charge is 0.433 e. The summed E-state index contributed by atoms with van der Waals surface area (Å²) in [5.41, 5.74) is 0.650. The SMILES string of the molecule is O=C(Nc1ccc(-c2nc3ccccc3s2)cn1)c1ccc(C(F)(F)F)nc1. The van der Waals surface area contributed by atoms with E-state index in [1.165, 1.54) is 11.3 Å². The van der Waals surface area contributed by atoms with Gasteiger partial charge in [0.15, 0.2) is 0 Å². The number of amides is 1. The molecule has 0 aliphatic heterocycles. The molecule has 0 radical (unpaired) electrons. The van der Waals surface area contributed by atoms with Gasteiger partial charge in [0.1, 0.15) is 16.5 Å². The summed E-state index contributed by atoms with van der Waals surface area (Å²) in [6, 6.07) is 13.0. The first-order valence-electron chi connectivity index (χ1n) is 8.07. The van der Waals surface area contributed by atoms with Crippen LogP contribution < -0.4 is 5.32 Å². The molecular weight excluding hydrogens is 389 g/mol. The molecular formula is C19H11F3N4OS. The quantitative estimate of drug-likeness (QED) is 0.524. The number of hydrogen-bond donors (Lipinski definition) is 1. The molecule has 28 heavy (non-hydrogen) atoms. The summed E-state index contributed by atoms with van der Waals surface area (Å²) in [7, 11) is 0. The van der Waals surface area contributed by atoms with E-state index in [1.807, 2.05) is 24.3 Å². The maximum Gasteiger partial charge on any atom is 0.433 e. The van der Waals surface area contributed by atoms with Gasteiger partial charge in [-0.1, -0.05) is 12.1 Å². The second-order valence-corrected chi connectivity index (χ2v) is 6.83. The topological polar surface area (TPSA) is 67.8 Å². The third-order valence-electron chi connectivity index (χ3n) is 3.86. The summed E-state index contributed by atoms with van der Waals surface area (Å²) in [6.07, 6.45) is -2.08. The molecule has 0 atom stereocenters. The van der Waals surface area contributed by atoms with Crippen LogP contribution in [0.5, 0.6) is 0 Å². The van der Waals surface area contributed by atoms with Crippen LogP contribution in [0.15, 0.2) is 60.9 Å². The number of para-hydroxylation sites is 1. The van der Waals surface area contributed by atoms with Gasteiger partial charge in [0.25, 0.3) is 5.91 Å². The number of anilines is 1. The van der Waals surface area contributed by atoms with Crippen LogP contribution in [0.25, 0.3) is 20.8 Å². The first-order valence-corrected chi connectivity index (χ1v) is 8.88. The van der Waals surface area contributed by atoms with Crippen molar-refractivity contribution in [2.24, 2.45) is 0 Å². The van der Waals surface area contributed by atoms with Crippen molar-refractivity contribution in [1.29, 1.82) is 0 Å². The Morgan fingerprint density at radius 2 is 1.79 bits per heavy atom. The summed E-state index contributed by atoms with van der Waals surface area (Å²) < 4.78 is 38.7. The van der Waals surface area contributed by atoms with E-state index in [9.17, 15) is 18.0 Å². The summed E-state index contributed by atoms with van der Waals surface area (Å²) >= 11 is 1.53. The third kappa shape index (κ3) is 3.70. The van der Waals surface area contributed by atoms with E-state index in [2.05, 4.69) is 20.3 Å². The van der Waals surface area contributed by atoms with E-state index < -0.39 is 17.8 Å². The standard InChI is InChI=1S/C19H11F3N4OS/c20-19(21,22)15-7-5-11(9-23-15)17(27)26-16-8-6-12(10-24-16)18-25-13-3-1-2-4-14(13)28-18/h1-10H,(H,24,26,27). The molecule has 0 aliphatic carbocycles. The molecule has 9 heteroatoms. The molecule has 140 valence electrons. The number of halogens is 3. The number of aromatic nitrogens is 3. The zero-order chi connectivity index (χ0) is 19.7. The van der Waals surface area contributed by atoms with E-state index in [1.54, 1.807) is 18.3 Å². The lowest BCUT2D eigenvalue weighted by Crippen LogP contribution is -2.14. The van der Waals surface area contributed by atoms with Crippen molar-refractivity contribution in [1.82, 2.24) is 15.0 Å². The Bertz CT molecular complexity index is 1110. The first-order chi connectivity index (χ1) is 13.4. The van der Waals surface area contributed by atoms with Crippen molar-refractivity contribution in [2.45, 2.75) is 6.18 Å². The van der Waals surface area contributed by atoms with E-state index >= 15 is 0 Å². The number of thiazole rings is 1. The first kappa shape index (κ1) is 18.1. The molecule has 0 spiro atoms. The van der Waals surface area contributed by atoms with Gasteiger partial charge in [-0.2, -0.15) is 13.2 Å². The molecule has 5 nitrogen and oxygen atoms in total. The van der Waals surface area contributed by atoms with Crippen molar-refractivity contribution in [3.05, 3.63) is 72.2 Å². The van der Waals surface area contributed by atoms with Crippen LogP contribution in [0.2, 0.25) is 0 Å². The lowest BCUT2D eigenvalue weighted by atomic mass is 10.2. The van der Waals surface area contributed by atoms with Gasteiger partial charge >= 0.3 is 6.18 Å². The predicted molar refractivity (Wildman–Crippen MR) is 100 cm³/mol. The lowest BCUT2D eigenvalue weighted by molar-refractivity contribution is -0.141. The number of hydrogen-bond acceptors (Lipinski definition) is 5. The average molecular weight is 400 g/mol. The zero-order valence-corrected chi connectivity index (χ0v) is 14.9. The number of rotatable bonds is 3. The van der Waals surface area contributed by atoms with Crippen molar-refractivity contribution in [3.63, 3.8) is 0 Å². The Kier molecular flexibility index (Phi) is 4.52. The molecule has 3 heterocycles. The number of nitrogens with one attached hydrogen (secondary N) is 1. The lowest BCUT2D eigenvalue weighted by Gasteiger charge is -2.07. The number of carbonyl (C=O) groups is 1. The number of carbonyl (C=O) groups excluding carboxylic acids is 1. The number of nitrogens with zero attached hydrogens (tertiary/aromatic N) is 3. The van der Waals surface area contributed by atoms with E-state index in [4.69, 9.17) is 0 Å². The summed E-state index contributed by atoms with van der Waals surface area (Å²) in [6.45, 7) is 0. The molecule has 1 amide bonds. The Hall–Kier alpha value is -3.33. The van der Waals surface area contributed by atoms with Crippen LogP contribution in [0.1, 0.15) is 16.1 Å². The monoisotopic (exact) mass is 400 g/mol. The highest BCUT2D eigenvalue weighted by Gasteiger charge is 2.32. The van der Waals surface area contributed by atoms with Crippen molar-refractivity contribution in [3.8, 4) is 10.6 Å². The fourth-order valence-electron chi connectivity index (χ4n) is 2.47. The maximum absolute atomic E-state index is 12.5. The molecule has 1 N–H and O–H groups in total. The predicted octanol–water partition coefficient (Wildman–Crippen LogP) is 5.02. The van der Waals surface area contributed by atoms with Crippen LogP contribution in [-0.2, 0) is 6.18 Å². The highest BCUT2D eigenvalue weighted by Crippen LogP contribution is 2.30. The molecule has 0 saturated heterocycles. The van der Waals surface area contributed by atoms with Crippen molar-refractivity contribution >= 4 is 33.3 Å². The molecule has 0 unspecified atom stereocenters. The smallest absolute Gasteiger partial charge is 0.307 e. The van der Waals surface area contributed by atoms with Gasteiger partial charge in [-0.05, 0) is 36.4 Å². The normalized spacial score (nSPS) is 11.5. The van der Waals surface area contributed by atoms with Gasteiger partial charge in [-0.3, -0.25) is 9.78 Å². The Balaban J connectivity index is 1.49. The van der Waals surface area contributed by atoms with Crippen molar-refractivity contribution < 1.29 is 18.0 Å². The fourth-order valence-corrected chi connectivity index (χ4v) is 3.43. The van der Waals surface area contributed by atoms with Crippen LogP contribution in [0.4, 0.5) is 19.0 Å². The fraction of sp³-hybridized carbons (Fsp3) is 0.0526. The van der Waals surface area contributed by atoms with E-state index in [-0.39, 0.29) is 11.4 Å². The van der Waals surface area contributed by atoms with Gasteiger partial charge in [0.05, 0.1) is 15.8 Å². The molecule has 3 aromatic heterocycles. The van der Waals surface area contributed by atoms with Gasteiger partial charge in [0, 0.05) is 18.0 Å². The molecule has 0 aliphatic rings. The van der Waals surface area contributed by atoms with Crippen LogP contribution in [0.3, 0.4) is 0 Å². The third-order valence-corrected chi connectivity index (χ3v) is 4.95. The minimum absolute atomic E-state index is 0.00468. The minimum atomic E-state index is -4.55. The van der Waals surface area contributed by atoms with Crippen LogP contribution in [-0.4, -0.2) is 20.9 Å². The average Bonchev–Trinajstić information content (AvgIpc) is 3.12. The Labute approximate surface area is 160 Å². The molecule has 1 aromatic carbocycles. The number of benzene rings is 1. The molecule has 0 saturated carbocycles. The summed E-state index contributed by atoms with van der Waals surface area (Å²) in [5.74, 6) is -0.323. The second-order valence-electron chi connectivity index (χ2n) is 5.80. The molecule has 0 bridgehead atoms. The maximum atomic E-state index is 12.5. The summed E-state index contributed by atoms with van der Waals surface area (Å²) in [5, 5.41) is 3.34. The Morgan fingerprint density at radius 1 is 0.964 bits per heavy atom. The van der Waals surface area contributed by atoms with E-state index in [0.717, 1.165) is 39.1 Å². The minimum Gasteiger partial charge on any atom is -0.307 e. The second kappa shape index (κ2) is 7.01. The molecule has 0 fully saturated rings.